The van der Waals surface area contributed by atoms with Crippen LogP contribution in [0.2, 0.25) is 0 Å². The van der Waals surface area contributed by atoms with Crippen LogP contribution in [0.25, 0.3) is 0 Å². The van der Waals surface area contributed by atoms with Gasteiger partial charge >= 0.3 is 0 Å². The minimum absolute atomic E-state index is 0.221. The van der Waals surface area contributed by atoms with Crippen LogP contribution in [0.5, 0.6) is 0 Å². The predicted octanol–water partition coefficient (Wildman–Crippen LogP) is 4.56. The van der Waals surface area contributed by atoms with Crippen molar-refractivity contribution in [3.05, 3.63) is 70.8 Å². The first-order valence-corrected chi connectivity index (χ1v) is 6.75. The summed E-state index contributed by atoms with van der Waals surface area (Å²) in [6.07, 6.45) is 0.0166. The number of aliphatic hydroxyl groups excluding tert-OH is 1. The molecule has 0 heterocycles. The molecule has 0 aliphatic rings. The van der Waals surface area contributed by atoms with Crippen molar-refractivity contribution in [1.82, 2.24) is 0 Å². The van der Waals surface area contributed by atoms with Crippen LogP contribution in [-0.4, -0.2) is 5.11 Å². The Morgan fingerprint density at radius 2 is 1.40 bits per heavy atom. The SMILES string of the molecule is CCC(C)c1ccc(C(O)c2cc(F)cc(F)c2)cc1. The van der Waals surface area contributed by atoms with E-state index in [1.165, 1.54) is 5.56 Å². The van der Waals surface area contributed by atoms with Crippen LogP contribution in [0.4, 0.5) is 8.78 Å². The molecule has 0 aliphatic carbocycles. The smallest absolute Gasteiger partial charge is 0.126 e. The molecule has 0 amide bonds. The summed E-state index contributed by atoms with van der Waals surface area (Å²) < 4.78 is 26.3. The van der Waals surface area contributed by atoms with Crippen molar-refractivity contribution in [3.8, 4) is 0 Å². The Kier molecular flexibility index (Phi) is 4.50. The van der Waals surface area contributed by atoms with Crippen LogP contribution in [0, 0.1) is 11.6 Å². The Morgan fingerprint density at radius 1 is 0.900 bits per heavy atom. The summed E-state index contributed by atoms with van der Waals surface area (Å²) in [5.74, 6) is -0.918. The minimum Gasteiger partial charge on any atom is -0.384 e. The second-order valence-electron chi connectivity index (χ2n) is 5.08. The molecular formula is C17H18F2O. The Labute approximate surface area is 117 Å². The molecule has 106 valence electrons. The third-order valence-corrected chi connectivity index (χ3v) is 3.63. The Hall–Kier alpha value is -1.74. The van der Waals surface area contributed by atoms with Gasteiger partial charge in [0.15, 0.2) is 0 Å². The lowest BCUT2D eigenvalue weighted by atomic mass is 9.95. The zero-order valence-electron chi connectivity index (χ0n) is 11.6. The molecule has 0 fully saturated rings. The van der Waals surface area contributed by atoms with Crippen molar-refractivity contribution in [2.75, 3.05) is 0 Å². The van der Waals surface area contributed by atoms with Crippen molar-refractivity contribution in [2.45, 2.75) is 32.3 Å². The quantitative estimate of drug-likeness (QED) is 0.868. The Bertz CT molecular complexity index is 558. The highest BCUT2D eigenvalue weighted by Crippen LogP contribution is 2.26. The lowest BCUT2D eigenvalue weighted by Gasteiger charge is -2.14. The summed E-state index contributed by atoms with van der Waals surface area (Å²) in [7, 11) is 0. The van der Waals surface area contributed by atoms with Crippen molar-refractivity contribution < 1.29 is 13.9 Å². The van der Waals surface area contributed by atoms with Gasteiger partial charge in [-0.05, 0) is 41.2 Å². The molecule has 20 heavy (non-hydrogen) atoms. The second-order valence-corrected chi connectivity index (χ2v) is 5.08. The van der Waals surface area contributed by atoms with Crippen molar-refractivity contribution in [3.63, 3.8) is 0 Å². The van der Waals surface area contributed by atoms with E-state index in [4.69, 9.17) is 0 Å². The van der Waals surface area contributed by atoms with Gasteiger partial charge in [-0.15, -0.1) is 0 Å². The summed E-state index contributed by atoms with van der Waals surface area (Å²) in [6, 6.07) is 10.6. The Balaban J connectivity index is 2.26. The van der Waals surface area contributed by atoms with Crippen LogP contribution >= 0.6 is 0 Å². The molecule has 2 aromatic carbocycles. The highest BCUT2D eigenvalue weighted by Gasteiger charge is 2.13. The first kappa shape index (κ1) is 14.7. The summed E-state index contributed by atoms with van der Waals surface area (Å²) in [4.78, 5) is 0. The summed E-state index contributed by atoms with van der Waals surface area (Å²) in [5.41, 5.74) is 2.04. The summed E-state index contributed by atoms with van der Waals surface area (Å²) in [5, 5.41) is 10.2. The molecule has 0 spiro atoms. The highest BCUT2D eigenvalue weighted by atomic mass is 19.1. The van der Waals surface area contributed by atoms with E-state index in [-0.39, 0.29) is 5.56 Å². The maximum atomic E-state index is 13.2. The van der Waals surface area contributed by atoms with E-state index in [2.05, 4.69) is 13.8 Å². The number of halogens is 2. The molecule has 2 aromatic rings. The van der Waals surface area contributed by atoms with Gasteiger partial charge in [0.2, 0.25) is 0 Å². The van der Waals surface area contributed by atoms with Crippen LogP contribution in [-0.2, 0) is 0 Å². The van der Waals surface area contributed by atoms with E-state index < -0.39 is 17.7 Å². The fourth-order valence-electron chi connectivity index (χ4n) is 2.17. The molecular weight excluding hydrogens is 258 g/mol. The van der Waals surface area contributed by atoms with Crippen molar-refractivity contribution >= 4 is 0 Å². The lowest BCUT2D eigenvalue weighted by Crippen LogP contribution is -2.02. The average Bonchev–Trinajstić information content (AvgIpc) is 2.45. The van der Waals surface area contributed by atoms with Gasteiger partial charge in [-0.1, -0.05) is 38.1 Å². The topological polar surface area (TPSA) is 20.2 Å². The van der Waals surface area contributed by atoms with Gasteiger partial charge in [0, 0.05) is 6.07 Å². The van der Waals surface area contributed by atoms with Gasteiger partial charge in [0.05, 0.1) is 0 Å². The zero-order chi connectivity index (χ0) is 14.7. The van der Waals surface area contributed by atoms with E-state index in [0.717, 1.165) is 24.6 Å². The van der Waals surface area contributed by atoms with Crippen LogP contribution in [0.1, 0.15) is 49.0 Å². The third-order valence-electron chi connectivity index (χ3n) is 3.63. The fraction of sp³-hybridized carbons (Fsp3) is 0.294. The second kappa shape index (κ2) is 6.14. The summed E-state index contributed by atoms with van der Waals surface area (Å²) >= 11 is 0. The average molecular weight is 276 g/mol. The molecule has 2 rings (SSSR count). The molecule has 0 saturated heterocycles. The number of aliphatic hydroxyl groups is 1. The van der Waals surface area contributed by atoms with E-state index in [1.54, 1.807) is 12.1 Å². The van der Waals surface area contributed by atoms with Gasteiger partial charge in [0.1, 0.15) is 17.7 Å². The highest BCUT2D eigenvalue weighted by molar-refractivity contribution is 5.33. The molecule has 2 atom stereocenters. The molecule has 0 saturated carbocycles. The van der Waals surface area contributed by atoms with Crippen LogP contribution < -0.4 is 0 Å². The van der Waals surface area contributed by atoms with Crippen LogP contribution in [0.3, 0.4) is 0 Å². The van der Waals surface area contributed by atoms with Crippen LogP contribution in [0.15, 0.2) is 42.5 Å². The van der Waals surface area contributed by atoms with Crippen molar-refractivity contribution in [1.29, 1.82) is 0 Å². The van der Waals surface area contributed by atoms with Gasteiger partial charge in [-0.2, -0.15) is 0 Å². The van der Waals surface area contributed by atoms with Gasteiger partial charge in [-0.25, -0.2) is 8.78 Å². The Morgan fingerprint density at radius 3 is 1.90 bits per heavy atom. The summed E-state index contributed by atoms with van der Waals surface area (Å²) in [6.45, 7) is 4.25. The number of hydrogen-bond acceptors (Lipinski definition) is 1. The van der Waals surface area contributed by atoms with Gasteiger partial charge in [0.25, 0.3) is 0 Å². The predicted molar refractivity (Wildman–Crippen MR) is 75.6 cm³/mol. The van der Waals surface area contributed by atoms with Gasteiger partial charge < -0.3 is 5.11 Å². The normalized spacial score (nSPS) is 14.1. The zero-order valence-corrected chi connectivity index (χ0v) is 11.6. The minimum atomic E-state index is -1.02. The van der Waals surface area contributed by atoms with E-state index in [1.807, 2.05) is 12.1 Å². The molecule has 1 N–H and O–H groups in total. The van der Waals surface area contributed by atoms with E-state index in [0.29, 0.717) is 11.5 Å². The van der Waals surface area contributed by atoms with E-state index in [9.17, 15) is 13.9 Å². The van der Waals surface area contributed by atoms with Gasteiger partial charge in [-0.3, -0.25) is 0 Å². The molecule has 1 nitrogen and oxygen atoms in total. The maximum absolute atomic E-state index is 13.2. The number of rotatable bonds is 4. The fourth-order valence-corrected chi connectivity index (χ4v) is 2.17. The first-order chi connectivity index (χ1) is 9.51. The molecule has 0 bridgehead atoms. The van der Waals surface area contributed by atoms with E-state index >= 15 is 0 Å². The molecule has 0 aromatic heterocycles. The molecule has 3 heteroatoms. The standard InChI is InChI=1S/C17H18F2O/c1-3-11(2)12-4-6-13(7-5-12)17(20)14-8-15(18)10-16(19)9-14/h4-11,17,20H,3H2,1-2H3. The molecule has 2 unspecified atom stereocenters. The largest absolute Gasteiger partial charge is 0.384 e. The lowest BCUT2D eigenvalue weighted by molar-refractivity contribution is 0.219. The van der Waals surface area contributed by atoms with Crippen molar-refractivity contribution in [2.24, 2.45) is 0 Å². The monoisotopic (exact) mass is 276 g/mol. The molecule has 0 aliphatic heterocycles. The first-order valence-electron chi connectivity index (χ1n) is 6.75. The number of benzene rings is 2. The molecule has 0 radical (unpaired) electrons. The number of hydrogen-bond donors (Lipinski definition) is 1. The maximum Gasteiger partial charge on any atom is 0.126 e. The third kappa shape index (κ3) is 3.23.